The fourth-order valence-corrected chi connectivity index (χ4v) is 3.42. The lowest BCUT2D eigenvalue weighted by Crippen LogP contribution is -2.23. The van der Waals surface area contributed by atoms with Crippen LogP contribution in [-0.2, 0) is 0 Å². The average Bonchev–Trinajstić information content (AvgIpc) is 3.03. The molecule has 0 fully saturated rings. The van der Waals surface area contributed by atoms with Gasteiger partial charge >= 0.3 is 0 Å². The zero-order valence-electron chi connectivity index (χ0n) is 13.5. The third-order valence-electron chi connectivity index (χ3n) is 4.11. The van der Waals surface area contributed by atoms with Crippen molar-refractivity contribution < 1.29 is 4.42 Å². The molecule has 0 saturated carbocycles. The third-order valence-corrected chi connectivity index (χ3v) is 4.66. The second-order valence-corrected chi connectivity index (χ2v) is 6.53. The normalized spacial score (nSPS) is 15.0. The molecule has 0 unspecified atom stereocenters. The Kier molecular flexibility index (Phi) is 4.59. The Morgan fingerprint density at radius 1 is 1.00 bits per heavy atom. The molecule has 124 valence electrons. The first-order valence-corrected chi connectivity index (χ1v) is 8.25. The number of halogens is 2. The van der Waals surface area contributed by atoms with Crippen LogP contribution in [0.1, 0.15) is 25.5 Å². The van der Waals surface area contributed by atoms with Crippen LogP contribution in [0.5, 0.6) is 0 Å². The van der Waals surface area contributed by atoms with E-state index in [4.69, 9.17) is 27.6 Å². The van der Waals surface area contributed by atoms with Gasteiger partial charge in [0.15, 0.2) is 0 Å². The predicted molar refractivity (Wildman–Crippen MR) is 96.7 cm³/mol. The molecule has 1 aromatic heterocycles. The van der Waals surface area contributed by atoms with Crippen LogP contribution in [0.15, 0.2) is 57.3 Å². The van der Waals surface area contributed by atoms with Gasteiger partial charge in [-0.25, -0.2) is 0 Å². The molecule has 1 aromatic carbocycles. The predicted octanol–water partition coefficient (Wildman–Crippen LogP) is 5.54. The van der Waals surface area contributed by atoms with Crippen molar-refractivity contribution in [3.05, 3.63) is 68.7 Å². The number of nitrogens with one attached hydrogen (secondary N) is 1. The van der Waals surface area contributed by atoms with Gasteiger partial charge in [-0.15, -0.1) is 0 Å². The summed E-state index contributed by atoms with van der Waals surface area (Å²) in [6.45, 7) is 3.62. The van der Waals surface area contributed by atoms with E-state index in [-0.39, 0.29) is 0 Å². The second-order valence-electron chi connectivity index (χ2n) is 5.69. The van der Waals surface area contributed by atoms with Crippen molar-refractivity contribution >= 4 is 23.2 Å². The molecule has 3 rings (SSSR count). The van der Waals surface area contributed by atoms with Crippen LogP contribution in [0, 0.1) is 22.7 Å². The number of rotatable bonds is 2. The summed E-state index contributed by atoms with van der Waals surface area (Å²) in [7, 11) is 0. The zero-order chi connectivity index (χ0) is 18.1. The van der Waals surface area contributed by atoms with E-state index >= 15 is 0 Å². The van der Waals surface area contributed by atoms with Crippen molar-refractivity contribution in [2.75, 3.05) is 0 Å². The summed E-state index contributed by atoms with van der Waals surface area (Å²) in [5, 5.41) is 23.1. The molecule has 1 N–H and O–H groups in total. The lowest BCUT2D eigenvalue weighted by atomic mass is 9.85. The summed E-state index contributed by atoms with van der Waals surface area (Å²) in [6.07, 6.45) is 0. The first kappa shape index (κ1) is 17.2. The van der Waals surface area contributed by atoms with E-state index < -0.39 is 5.92 Å². The molecule has 0 aliphatic carbocycles. The highest BCUT2D eigenvalue weighted by Crippen LogP contribution is 2.40. The Balaban J connectivity index is 2.10. The quantitative estimate of drug-likeness (QED) is 0.754. The summed E-state index contributed by atoms with van der Waals surface area (Å²) in [6, 6.07) is 13.1. The molecule has 0 bridgehead atoms. The maximum absolute atomic E-state index is 9.53. The molecule has 25 heavy (non-hydrogen) atoms. The van der Waals surface area contributed by atoms with Gasteiger partial charge in [0.05, 0.1) is 34.2 Å². The summed E-state index contributed by atoms with van der Waals surface area (Å²) in [5.41, 5.74) is 3.05. The van der Waals surface area contributed by atoms with Crippen LogP contribution in [0.25, 0.3) is 11.3 Å². The number of furan rings is 1. The Bertz CT molecular complexity index is 966. The molecular weight excluding hydrogens is 357 g/mol. The van der Waals surface area contributed by atoms with Gasteiger partial charge in [0, 0.05) is 22.0 Å². The maximum Gasteiger partial charge on any atom is 0.135 e. The largest absolute Gasteiger partial charge is 0.460 e. The van der Waals surface area contributed by atoms with Gasteiger partial charge in [0.1, 0.15) is 11.5 Å². The van der Waals surface area contributed by atoms with Gasteiger partial charge in [-0.05, 0) is 44.2 Å². The maximum atomic E-state index is 9.53. The number of dihydropyridines is 1. The van der Waals surface area contributed by atoms with Crippen molar-refractivity contribution in [1.82, 2.24) is 5.32 Å². The minimum atomic E-state index is -0.531. The van der Waals surface area contributed by atoms with Crippen LogP contribution >= 0.6 is 23.2 Å². The zero-order valence-corrected chi connectivity index (χ0v) is 15.0. The van der Waals surface area contributed by atoms with Gasteiger partial charge in [0.25, 0.3) is 0 Å². The minimum Gasteiger partial charge on any atom is -0.460 e. The molecule has 6 heteroatoms. The number of hydrogen-bond acceptors (Lipinski definition) is 4. The second kappa shape index (κ2) is 6.69. The number of hydrogen-bond donors (Lipinski definition) is 1. The summed E-state index contributed by atoms with van der Waals surface area (Å²) < 4.78 is 5.96. The molecule has 4 nitrogen and oxygen atoms in total. The van der Waals surface area contributed by atoms with Crippen LogP contribution < -0.4 is 5.32 Å². The summed E-state index contributed by atoms with van der Waals surface area (Å²) in [5.74, 6) is 0.547. The number of allylic oxidation sites excluding steroid dienone is 4. The molecule has 0 atom stereocenters. The van der Waals surface area contributed by atoms with Crippen LogP contribution in [0.3, 0.4) is 0 Å². The first-order valence-electron chi connectivity index (χ1n) is 7.50. The van der Waals surface area contributed by atoms with Crippen LogP contribution in [0.4, 0.5) is 0 Å². The van der Waals surface area contributed by atoms with E-state index in [1.807, 2.05) is 13.8 Å². The molecule has 2 aromatic rings. The monoisotopic (exact) mass is 369 g/mol. The van der Waals surface area contributed by atoms with Crippen molar-refractivity contribution in [3.63, 3.8) is 0 Å². The summed E-state index contributed by atoms with van der Waals surface area (Å²) >= 11 is 12.2. The molecule has 0 saturated heterocycles. The molecule has 0 amide bonds. The molecule has 1 aliphatic heterocycles. The highest BCUT2D eigenvalue weighted by atomic mass is 35.5. The highest BCUT2D eigenvalue weighted by Gasteiger charge is 2.31. The van der Waals surface area contributed by atoms with Crippen LogP contribution in [-0.4, -0.2) is 0 Å². The van der Waals surface area contributed by atoms with Crippen molar-refractivity contribution in [3.8, 4) is 23.5 Å². The van der Waals surface area contributed by atoms with Gasteiger partial charge in [0.2, 0.25) is 0 Å². The number of benzene rings is 1. The van der Waals surface area contributed by atoms with E-state index in [2.05, 4.69) is 17.5 Å². The molecular formula is C19H13Cl2N3O. The van der Waals surface area contributed by atoms with Crippen molar-refractivity contribution in [2.24, 2.45) is 0 Å². The smallest absolute Gasteiger partial charge is 0.135 e. The van der Waals surface area contributed by atoms with Gasteiger partial charge in [-0.2, -0.15) is 10.5 Å². The van der Waals surface area contributed by atoms with E-state index in [1.165, 1.54) is 0 Å². The fourth-order valence-electron chi connectivity index (χ4n) is 2.92. The van der Waals surface area contributed by atoms with Crippen molar-refractivity contribution in [1.29, 1.82) is 10.5 Å². The van der Waals surface area contributed by atoms with Crippen LogP contribution in [0.2, 0.25) is 10.0 Å². The Morgan fingerprint density at radius 2 is 1.64 bits per heavy atom. The van der Waals surface area contributed by atoms with Gasteiger partial charge in [-0.1, -0.05) is 23.2 Å². The number of nitrogens with zero attached hydrogens (tertiary/aromatic N) is 2. The Hall–Kier alpha value is -2.66. The lowest BCUT2D eigenvalue weighted by Gasteiger charge is -2.24. The van der Waals surface area contributed by atoms with E-state index in [1.54, 1.807) is 30.3 Å². The molecule has 2 heterocycles. The highest BCUT2D eigenvalue weighted by molar-refractivity contribution is 6.36. The Labute approximate surface area is 155 Å². The lowest BCUT2D eigenvalue weighted by molar-refractivity contribution is 0.511. The fraction of sp³-hybridized carbons (Fsp3) is 0.158. The topological polar surface area (TPSA) is 72.8 Å². The first-order chi connectivity index (χ1) is 12.0. The minimum absolute atomic E-state index is 0.463. The van der Waals surface area contributed by atoms with E-state index in [9.17, 15) is 10.5 Å². The van der Waals surface area contributed by atoms with Gasteiger partial charge in [-0.3, -0.25) is 0 Å². The molecule has 0 radical (unpaired) electrons. The summed E-state index contributed by atoms with van der Waals surface area (Å²) in [4.78, 5) is 0. The van der Waals surface area contributed by atoms with E-state index in [0.29, 0.717) is 49.7 Å². The standard InChI is InChI=1S/C19H13Cl2N3O/c1-10-14(8-22)19(15(9-23)11(2)24-10)18-6-5-17(25-18)13-4-3-12(20)7-16(13)21/h3-7,19,24H,1-2H3. The van der Waals surface area contributed by atoms with Gasteiger partial charge < -0.3 is 9.73 Å². The Morgan fingerprint density at radius 3 is 2.20 bits per heavy atom. The average molecular weight is 370 g/mol. The molecule has 0 spiro atoms. The molecule has 1 aliphatic rings. The van der Waals surface area contributed by atoms with Crippen molar-refractivity contribution in [2.45, 2.75) is 19.8 Å². The van der Waals surface area contributed by atoms with E-state index in [0.717, 1.165) is 0 Å². The number of nitriles is 2. The SMILES string of the molecule is CC1=C(C#N)C(c2ccc(-c3ccc(Cl)cc3Cl)o2)C(C#N)=C(C)N1. The third kappa shape index (κ3) is 3.03.